The van der Waals surface area contributed by atoms with Gasteiger partial charge in [-0.3, -0.25) is 4.79 Å². The van der Waals surface area contributed by atoms with Gasteiger partial charge in [-0.1, -0.05) is 11.6 Å². The zero-order valence-electron chi connectivity index (χ0n) is 11.6. The Kier molecular flexibility index (Phi) is 4.02. The van der Waals surface area contributed by atoms with Crippen LogP contribution in [-0.4, -0.2) is 37.8 Å². The van der Waals surface area contributed by atoms with E-state index >= 15 is 0 Å². The molecule has 116 valence electrons. The summed E-state index contributed by atoms with van der Waals surface area (Å²) in [5, 5.41) is 2.96. The fraction of sp³-hybridized carbons (Fsp3) is 0.615. The van der Waals surface area contributed by atoms with Gasteiger partial charge >= 0.3 is 0 Å². The molecule has 0 spiro atoms. The molecule has 2 saturated heterocycles. The van der Waals surface area contributed by atoms with Gasteiger partial charge in [0.1, 0.15) is 4.21 Å². The Morgan fingerprint density at radius 1 is 1.43 bits per heavy atom. The van der Waals surface area contributed by atoms with Crippen molar-refractivity contribution in [3.05, 3.63) is 16.0 Å². The summed E-state index contributed by atoms with van der Waals surface area (Å²) >= 11 is 7.10. The Labute approximate surface area is 133 Å². The lowest BCUT2D eigenvalue weighted by molar-refractivity contribution is -0.124. The maximum absolute atomic E-state index is 12.7. The first-order valence-corrected chi connectivity index (χ1v) is 9.57. The maximum atomic E-state index is 12.7. The number of piperidine rings is 2. The summed E-state index contributed by atoms with van der Waals surface area (Å²) in [7, 11) is -3.47. The number of sulfonamides is 1. The van der Waals surface area contributed by atoms with Gasteiger partial charge in [-0.2, -0.15) is 4.31 Å². The van der Waals surface area contributed by atoms with Crippen LogP contribution in [0.1, 0.15) is 24.8 Å². The quantitative estimate of drug-likeness (QED) is 0.889. The Hall–Kier alpha value is -0.630. The molecular formula is C13H17ClN2O3S2. The third kappa shape index (κ3) is 2.84. The fourth-order valence-electron chi connectivity index (χ4n) is 2.98. The van der Waals surface area contributed by atoms with Crippen molar-refractivity contribution < 1.29 is 13.2 Å². The molecule has 1 amide bonds. The predicted molar refractivity (Wildman–Crippen MR) is 82.1 cm³/mol. The van der Waals surface area contributed by atoms with Crippen LogP contribution in [0.3, 0.4) is 0 Å². The number of rotatable bonds is 2. The molecule has 2 atom stereocenters. The lowest BCUT2D eigenvalue weighted by Gasteiger charge is -2.40. The number of nitrogens with one attached hydrogen (secondary N) is 1. The van der Waals surface area contributed by atoms with Crippen molar-refractivity contribution in [1.82, 2.24) is 9.62 Å². The molecule has 2 aliphatic heterocycles. The summed E-state index contributed by atoms with van der Waals surface area (Å²) in [5.74, 6) is 0.288. The number of carbonyl (C=O) groups is 1. The van der Waals surface area contributed by atoms with E-state index in [2.05, 4.69) is 5.32 Å². The van der Waals surface area contributed by atoms with Gasteiger partial charge in [-0.15, -0.1) is 11.3 Å². The molecule has 0 saturated carbocycles. The maximum Gasteiger partial charge on any atom is 0.252 e. The average Bonchev–Trinajstić information content (AvgIpc) is 2.78. The number of fused-ring (bicyclic) bond motifs is 1. The molecule has 2 unspecified atom stereocenters. The molecule has 2 fully saturated rings. The van der Waals surface area contributed by atoms with Crippen LogP contribution in [0.5, 0.6) is 0 Å². The van der Waals surface area contributed by atoms with Crippen LogP contribution in [0.2, 0.25) is 4.34 Å². The van der Waals surface area contributed by atoms with Gasteiger partial charge in [0, 0.05) is 25.6 Å². The fourth-order valence-corrected chi connectivity index (χ4v) is 6.36. The molecule has 1 aromatic rings. The van der Waals surface area contributed by atoms with Crippen molar-refractivity contribution in [2.75, 3.05) is 13.1 Å². The standard InChI is InChI=1S/C13H17ClN2O3S2/c1-8-6-12(20-13(8)14)21(18,19)16-5-4-10-9(7-16)2-3-11(17)15-10/h6,9-10H,2-5,7H2,1H3,(H,15,17). The van der Waals surface area contributed by atoms with Crippen LogP contribution < -0.4 is 5.32 Å². The SMILES string of the molecule is Cc1cc(S(=O)(=O)N2CCC3NC(=O)CCC3C2)sc1Cl. The second-order valence-electron chi connectivity index (χ2n) is 5.65. The second-order valence-corrected chi connectivity index (χ2v) is 9.47. The minimum Gasteiger partial charge on any atom is -0.353 e. The molecule has 0 bridgehead atoms. The largest absolute Gasteiger partial charge is 0.353 e. The average molecular weight is 349 g/mol. The number of carbonyl (C=O) groups excluding carboxylic acids is 1. The molecule has 3 rings (SSSR count). The molecule has 0 aromatic carbocycles. The number of halogens is 1. The van der Waals surface area contributed by atoms with Crippen LogP contribution >= 0.6 is 22.9 Å². The van der Waals surface area contributed by atoms with E-state index in [0.29, 0.717) is 34.5 Å². The van der Waals surface area contributed by atoms with Gasteiger partial charge in [0.25, 0.3) is 10.0 Å². The van der Waals surface area contributed by atoms with Crippen LogP contribution in [0.25, 0.3) is 0 Å². The Morgan fingerprint density at radius 3 is 2.86 bits per heavy atom. The molecule has 0 aliphatic carbocycles. The normalized spacial score (nSPS) is 27.2. The highest BCUT2D eigenvalue weighted by Crippen LogP contribution is 2.34. The molecule has 1 aromatic heterocycles. The number of hydrogen-bond acceptors (Lipinski definition) is 4. The first-order valence-electron chi connectivity index (χ1n) is 6.93. The third-order valence-electron chi connectivity index (χ3n) is 4.21. The first-order chi connectivity index (χ1) is 9.88. The zero-order chi connectivity index (χ0) is 15.2. The smallest absolute Gasteiger partial charge is 0.252 e. The number of hydrogen-bond donors (Lipinski definition) is 1. The van der Waals surface area contributed by atoms with Crippen LogP contribution in [0.4, 0.5) is 0 Å². The van der Waals surface area contributed by atoms with E-state index in [1.807, 2.05) is 0 Å². The molecule has 2 aliphatic rings. The predicted octanol–water partition coefficient (Wildman–Crippen LogP) is 2.00. The van der Waals surface area contributed by atoms with Crippen molar-refractivity contribution in [2.45, 2.75) is 36.4 Å². The minimum absolute atomic E-state index is 0.0771. The van der Waals surface area contributed by atoms with Gasteiger partial charge in [0.05, 0.1) is 4.34 Å². The van der Waals surface area contributed by atoms with Crippen LogP contribution in [0, 0.1) is 12.8 Å². The summed E-state index contributed by atoms with van der Waals surface area (Å²) in [6, 6.07) is 1.75. The number of thiophene rings is 1. The van der Waals surface area contributed by atoms with Gasteiger partial charge in [-0.05, 0) is 37.3 Å². The van der Waals surface area contributed by atoms with Crippen LogP contribution in [-0.2, 0) is 14.8 Å². The third-order valence-corrected chi connectivity index (χ3v) is 8.08. The monoisotopic (exact) mass is 348 g/mol. The summed E-state index contributed by atoms with van der Waals surface area (Å²) in [4.78, 5) is 11.4. The Bertz CT molecular complexity index is 651. The van der Waals surface area contributed by atoms with E-state index in [4.69, 9.17) is 11.6 Å². The Morgan fingerprint density at radius 2 is 2.19 bits per heavy atom. The lowest BCUT2D eigenvalue weighted by Crippen LogP contribution is -2.54. The van der Waals surface area contributed by atoms with E-state index in [1.54, 1.807) is 13.0 Å². The molecule has 21 heavy (non-hydrogen) atoms. The van der Waals surface area contributed by atoms with E-state index in [0.717, 1.165) is 23.3 Å². The zero-order valence-corrected chi connectivity index (χ0v) is 14.0. The minimum atomic E-state index is -3.47. The van der Waals surface area contributed by atoms with Crippen molar-refractivity contribution in [2.24, 2.45) is 5.92 Å². The molecule has 3 heterocycles. The number of nitrogens with zero attached hydrogens (tertiary/aromatic N) is 1. The molecular weight excluding hydrogens is 332 g/mol. The lowest BCUT2D eigenvalue weighted by atomic mass is 9.86. The van der Waals surface area contributed by atoms with Crippen LogP contribution in [0.15, 0.2) is 10.3 Å². The van der Waals surface area contributed by atoms with Gasteiger partial charge in [0.15, 0.2) is 0 Å². The van der Waals surface area contributed by atoms with Crippen molar-refractivity contribution in [3.63, 3.8) is 0 Å². The number of aryl methyl sites for hydroxylation is 1. The van der Waals surface area contributed by atoms with E-state index in [9.17, 15) is 13.2 Å². The topological polar surface area (TPSA) is 66.5 Å². The highest BCUT2D eigenvalue weighted by Gasteiger charge is 2.38. The van der Waals surface area contributed by atoms with Gasteiger partial charge in [0.2, 0.25) is 5.91 Å². The van der Waals surface area contributed by atoms with Gasteiger partial charge in [-0.25, -0.2) is 8.42 Å². The van der Waals surface area contributed by atoms with Crippen molar-refractivity contribution in [3.8, 4) is 0 Å². The van der Waals surface area contributed by atoms with E-state index < -0.39 is 10.0 Å². The highest BCUT2D eigenvalue weighted by atomic mass is 35.5. The summed E-state index contributed by atoms with van der Waals surface area (Å²) < 4.78 is 27.7. The van der Waals surface area contributed by atoms with E-state index in [1.165, 1.54) is 4.31 Å². The molecule has 5 nitrogen and oxygen atoms in total. The van der Waals surface area contributed by atoms with Crippen molar-refractivity contribution in [1.29, 1.82) is 0 Å². The second kappa shape index (κ2) is 5.53. The summed E-state index contributed by atoms with van der Waals surface area (Å²) in [6.45, 7) is 2.72. The van der Waals surface area contributed by atoms with Crippen molar-refractivity contribution >= 4 is 38.9 Å². The first kappa shape index (κ1) is 15.3. The molecule has 8 heteroatoms. The highest BCUT2D eigenvalue weighted by molar-refractivity contribution is 7.91. The Balaban J connectivity index is 1.80. The number of amides is 1. The molecule has 1 N–H and O–H groups in total. The summed E-state index contributed by atoms with van der Waals surface area (Å²) in [6.07, 6.45) is 1.92. The van der Waals surface area contributed by atoms with Gasteiger partial charge < -0.3 is 5.32 Å². The summed E-state index contributed by atoms with van der Waals surface area (Å²) in [5.41, 5.74) is 0.792. The van der Waals surface area contributed by atoms with E-state index in [-0.39, 0.29) is 17.9 Å². The molecule has 0 radical (unpaired) electrons.